The van der Waals surface area contributed by atoms with Crippen LogP contribution in [0, 0.1) is 20.2 Å². The number of hydrogen-bond donors (Lipinski definition) is 0. The molecular formula is C32H39N5O8. The first-order chi connectivity index (χ1) is 21.6. The van der Waals surface area contributed by atoms with Gasteiger partial charge in [-0.25, -0.2) is 0 Å². The van der Waals surface area contributed by atoms with E-state index < -0.39 is 21.7 Å². The van der Waals surface area contributed by atoms with Gasteiger partial charge in [0.25, 0.3) is 23.2 Å². The van der Waals surface area contributed by atoms with E-state index in [4.69, 9.17) is 9.47 Å². The maximum atomic E-state index is 13.9. The molecule has 3 aromatic rings. The Hall–Kier alpha value is -5.04. The Labute approximate surface area is 262 Å². The third-order valence-corrected chi connectivity index (χ3v) is 7.38. The summed E-state index contributed by atoms with van der Waals surface area (Å²) in [6.07, 6.45) is 1.20. The molecular weight excluding hydrogens is 582 g/mol. The molecule has 2 amide bonds. The summed E-state index contributed by atoms with van der Waals surface area (Å²) in [5.41, 5.74) is 0.800. The zero-order valence-electron chi connectivity index (χ0n) is 26.2. The monoisotopic (exact) mass is 621 g/mol. The predicted octanol–water partition coefficient (Wildman–Crippen LogP) is 5.96. The number of carbonyl (C=O) groups is 2. The lowest BCUT2D eigenvalue weighted by atomic mass is 10.1. The van der Waals surface area contributed by atoms with E-state index in [1.807, 2.05) is 6.92 Å². The van der Waals surface area contributed by atoms with E-state index in [2.05, 4.69) is 18.7 Å². The van der Waals surface area contributed by atoms with Gasteiger partial charge < -0.3 is 24.2 Å². The summed E-state index contributed by atoms with van der Waals surface area (Å²) in [7, 11) is 2.89. The van der Waals surface area contributed by atoms with Crippen molar-refractivity contribution >= 4 is 34.6 Å². The smallest absolute Gasteiger partial charge is 0.270 e. The minimum absolute atomic E-state index is 0.132. The zero-order chi connectivity index (χ0) is 33.1. The first kappa shape index (κ1) is 34.5. The Kier molecular flexibility index (Phi) is 12.4. The third-order valence-electron chi connectivity index (χ3n) is 7.38. The highest BCUT2D eigenvalue weighted by Gasteiger charge is 2.28. The fraction of sp³-hybridized carbons (Fsp3) is 0.375. The van der Waals surface area contributed by atoms with E-state index >= 15 is 0 Å². The van der Waals surface area contributed by atoms with Gasteiger partial charge in [0.05, 0.1) is 35.4 Å². The number of ether oxygens (including phenoxy) is 2. The van der Waals surface area contributed by atoms with Crippen LogP contribution in [0.15, 0.2) is 60.7 Å². The largest absolute Gasteiger partial charge is 0.494 e. The van der Waals surface area contributed by atoms with Crippen molar-refractivity contribution in [2.75, 3.05) is 56.7 Å². The number of nitro benzene ring substituents is 2. The minimum Gasteiger partial charge on any atom is -0.494 e. The molecule has 0 fully saturated rings. The topological polar surface area (TPSA) is 149 Å². The Morgan fingerprint density at radius 2 is 1.22 bits per heavy atom. The van der Waals surface area contributed by atoms with Gasteiger partial charge in [0.2, 0.25) is 0 Å². The molecule has 240 valence electrons. The van der Waals surface area contributed by atoms with E-state index in [0.717, 1.165) is 19.6 Å². The Balaban J connectivity index is 2.12. The lowest BCUT2D eigenvalue weighted by Crippen LogP contribution is -2.35. The summed E-state index contributed by atoms with van der Waals surface area (Å²) in [5, 5.41) is 22.5. The molecule has 0 aliphatic rings. The maximum absolute atomic E-state index is 13.9. The number of methoxy groups -OCH3 is 2. The SMILES string of the molecule is CCCN(C(=O)c1cccc([N+](=O)[O-])c1)c1cc(OC)c(N(CCCN(CC)CC)C(=O)c2ccc([N+](=O)[O-])cc2)cc1OC. The Bertz CT molecular complexity index is 1510. The molecule has 0 atom stereocenters. The van der Waals surface area contributed by atoms with Gasteiger partial charge in [-0.2, -0.15) is 0 Å². The summed E-state index contributed by atoms with van der Waals surface area (Å²) >= 11 is 0. The molecule has 0 radical (unpaired) electrons. The molecule has 0 N–H and O–H groups in total. The lowest BCUT2D eigenvalue weighted by Gasteiger charge is -2.29. The van der Waals surface area contributed by atoms with Crippen LogP contribution in [0.3, 0.4) is 0 Å². The van der Waals surface area contributed by atoms with Crippen molar-refractivity contribution in [1.29, 1.82) is 0 Å². The van der Waals surface area contributed by atoms with Gasteiger partial charge in [-0.3, -0.25) is 29.8 Å². The fourth-order valence-corrected chi connectivity index (χ4v) is 4.96. The molecule has 13 heteroatoms. The van der Waals surface area contributed by atoms with Gasteiger partial charge >= 0.3 is 0 Å². The number of nitrogens with zero attached hydrogens (tertiary/aromatic N) is 5. The first-order valence-corrected chi connectivity index (χ1v) is 14.7. The highest BCUT2D eigenvalue weighted by atomic mass is 16.6. The quantitative estimate of drug-likeness (QED) is 0.140. The predicted molar refractivity (Wildman–Crippen MR) is 172 cm³/mol. The average molecular weight is 622 g/mol. The van der Waals surface area contributed by atoms with Crippen LogP contribution < -0.4 is 19.3 Å². The van der Waals surface area contributed by atoms with Crippen LogP contribution in [-0.4, -0.2) is 73.5 Å². The molecule has 0 heterocycles. The second-order valence-electron chi connectivity index (χ2n) is 10.1. The van der Waals surface area contributed by atoms with Crippen LogP contribution in [0.5, 0.6) is 11.5 Å². The van der Waals surface area contributed by atoms with Crippen molar-refractivity contribution in [3.8, 4) is 11.5 Å². The van der Waals surface area contributed by atoms with Crippen molar-refractivity contribution in [2.24, 2.45) is 0 Å². The van der Waals surface area contributed by atoms with Gasteiger partial charge in [-0.05, 0) is 50.7 Å². The average Bonchev–Trinajstić information content (AvgIpc) is 3.06. The van der Waals surface area contributed by atoms with Crippen LogP contribution in [0.25, 0.3) is 0 Å². The van der Waals surface area contributed by atoms with Crippen molar-refractivity contribution in [1.82, 2.24) is 4.90 Å². The van der Waals surface area contributed by atoms with Crippen molar-refractivity contribution < 1.29 is 28.9 Å². The number of amides is 2. The van der Waals surface area contributed by atoms with Crippen LogP contribution in [0.4, 0.5) is 22.7 Å². The highest BCUT2D eigenvalue weighted by Crippen LogP contribution is 2.41. The van der Waals surface area contributed by atoms with Gasteiger partial charge in [0.1, 0.15) is 11.5 Å². The number of rotatable bonds is 16. The molecule has 0 aliphatic carbocycles. The van der Waals surface area contributed by atoms with E-state index in [-0.39, 0.29) is 40.5 Å². The molecule has 3 rings (SSSR count). The number of carbonyl (C=O) groups excluding carboxylic acids is 2. The molecule has 0 bridgehead atoms. The van der Waals surface area contributed by atoms with E-state index in [0.29, 0.717) is 30.8 Å². The Morgan fingerprint density at radius 1 is 0.689 bits per heavy atom. The normalized spacial score (nSPS) is 10.8. The molecule has 0 spiro atoms. The van der Waals surface area contributed by atoms with E-state index in [1.54, 1.807) is 17.0 Å². The summed E-state index contributed by atoms with van der Waals surface area (Å²) in [5.74, 6) is -0.289. The molecule has 13 nitrogen and oxygen atoms in total. The van der Waals surface area contributed by atoms with Crippen molar-refractivity contribution in [3.05, 3.63) is 92.0 Å². The van der Waals surface area contributed by atoms with Gasteiger partial charge in [-0.1, -0.05) is 26.8 Å². The van der Waals surface area contributed by atoms with Crippen LogP contribution in [0.2, 0.25) is 0 Å². The zero-order valence-corrected chi connectivity index (χ0v) is 26.2. The maximum Gasteiger partial charge on any atom is 0.270 e. The fourth-order valence-electron chi connectivity index (χ4n) is 4.96. The number of nitro groups is 2. The van der Waals surface area contributed by atoms with Crippen LogP contribution in [0.1, 0.15) is 54.3 Å². The number of non-ortho nitro benzene ring substituents is 2. The number of benzene rings is 3. The van der Waals surface area contributed by atoms with Gasteiger partial charge in [-0.15, -0.1) is 0 Å². The molecule has 0 aliphatic heterocycles. The molecule has 45 heavy (non-hydrogen) atoms. The summed E-state index contributed by atoms with van der Waals surface area (Å²) in [6, 6.07) is 14.1. The molecule has 0 saturated heterocycles. The molecule has 0 aromatic heterocycles. The second-order valence-corrected chi connectivity index (χ2v) is 10.1. The Morgan fingerprint density at radius 3 is 1.71 bits per heavy atom. The highest BCUT2D eigenvalue weighted by molar-refractivity contribution is 6.09. The van der Waals surface area contributed by atoms with E-state index in [9.17, 15) is 29.8 Å². The van der Waals surface area contributed by atoms with Gasteiger partial charge in [0.15, 0.2) is 0 Å². The number of hydrogen-bond acceptors (Lipinski definition) is 9. The molecule has 0 unspecified atom stereocenters. The summed E-state index contributed by atoms with van der Waals surface area (Å²) in [4.78, 5) is 54.4. The third kappa shape index (κ3) is 8.32. The second kappa shape index (κ2) is 16.1. The van der Waals surface area contributed by atoms with Gasteiger partial charge in [0, 0.05) is 60.6 Å². The summed E-state index contributed by atoms with van der Waals surface area (Å²) in [6.45, 7) is 9.03. The first-order valence-electron chi connectivity index (χ1n) is 14.7. The lowest BCUT2D eigenvalue weighted by molar-refractivity contribution is -0.385. The number of anilines is 2. The molecule has 0 saturated carbocycles. The standard InChI is InChI=1S/C32H39N5O8/c1-6-17-34(32(39)24-11-9-12-26(20-24)37(42)43)27-21-30(45-5)28(22-29(27)44-4)35(19-10-18-33(7-2)8-3)31(38)23-13-15-25(16-14-23)36(40)41/h9,11-16,20-22H,6-8,10,17-19H2,1-5H3. The van der Waals surface area contributed by atoms with E-state index in [1.165, 1.54) is 67.7 Å². The molecule has 3 aromatic carbocycles. The summed E-state index contributed by atoms with van der Waals surface area (Å²) < 4.78 is 11.5. The van der Waals surface area contributed by atoms with Crippen LogP contribution >= 0.6 is 0 Å². The van der Waals surface area contributed by atoms with Crippen molar-refractivity contribution in [2.45, 2.75) is 33.6 Å². The van der Waals surface area contributed by atoms with Crippen molar-refractivity contribution in [3.63, 3.8) is 0 Å². The minimum atomic E-state index is -0.559. The van der Waals surface area contributed by atoms with Crippen LogP contribution in [-0.2, 0) is 0 Å².